The van der Waals surface area contributed by atoms with Gasteiger partial charge in [0, 0.05) is 78.3 Å². The molecule has 0 radical (unpaired) electrons. The lowest BCUT2D eigenvalue weighted by Crippen LogP contribution is -2.46. The van der Waals surface area contributed by atoms with E-state index < -0.39 is 14.9 Å². The largest absolute Gasteiger partial charge is 0.382 e. The number of fused-ring (bicyclic) bond motifs is 1. The molecule has 2 fully saturated rings. The van der Waals surface area contributed by atoms with Crippen LogP contribution in [0.25, 0.3) is 10.9 Å². The fraction of sp³-hybridized carbons (Fsp3) is 0.395. The first-order valence-electron chi connectivity index (χ1n) is 20.1. The monoisotopic (exact) mass is 823 g/mol. The number of piperazine rings is 1. The number of hydrogen-bond donors (Lipinski definition) is 3. The van der Waals surface area contributed by atoms with Crippen LogP contribution in [-0.2, 0) is 16.6 Å². The summed E-state index contributed by atoms with van der Waals surface area (Å²) in [5.41, 5.74) is 4.12. The molecule has 7 rings (SSSR count). The van der Waals surface area contributed by atoms with Gasteiger partial charge in [0.25, 0.3) is 15.7 Å². The fourth-order valence-electron chi connectivity index (χ4n) is 7.68. The van der Waals surface area contributed by atoms with E-state index in [0.29, 0.717) is 22.7 Å². The Bertz CT molecular complexity index is 2270. The number of benzene rings is 4. The minimum atomic E-state index is -4.25. The van der Waals surface area contributed by atoms with Gasteiger partial charge in [0.2, 0.25) is 0 Å². The van der Waals surface area contributed by atoms with Crippen LogP contribution in [0.2, 0.25) is 0 Å². The highest BCUT2D eigenvalue weighted by Crippen LogP contribution is 2.33. The smallest absolute Gasteiger partial charge is 0.293 e. The molecule has 4 aromatic carbocycles. The van der Waals surface area contributed by atoms with Crippen LogP contribution in [0.3, 0.4) is 0 Å². The third kappa shape index (κ3) is 10.7. The Balaban J connectivity index is 1.00. The van der Waals surface area contributed by atoms with Crippen molar-refractivity contribution in [1.29, 1.82) is 0 Å². The molecule has 1 aliphatic heterocycles. The Kier molecular flexibility index (Phi) is 13.6. The number of anilines is 4. The molecule has 1 saturated carbocycles. The minimum Gasteiger partial charge on any atom is -0.382 e. The van der Waals surface area contributed by atoms with E-state index in [2.05, 4.69) is 64.3 Å². The summed E-state index contributed by atoms with van der Waals surface area (Å²) in [6.07, 6.45) is 8.48. The van der Waals surface area contributed by atoms with Crippen LogP contribution in [0, 0.1) is 10.1 Å². The van der Waals surface area contributed by atoms with Gasteiger partial charge < -0.3 is 20.4 Å². The SMILES string of the molecule is CN(C)CCC(CSc1ccccc1)Nc1ccc(S(=O)(=O)Nc2ncnc3cc(N4CCN(Cc5ccccc5NC5CCCCC5)CC4)ccc23)cc1[N+](=O)[O-]. The van der Waals surface area contributed by atoms with E-state index in [0.717, 1.165) is 62.3 Å². The van der Waals surface area contributed by atoms with Crippen LogP contribution in [-0.4, -0.2) is 97.8 Å². The van der Waals surface area contributed by atoms with Crippen molar-refractivity contribution in [3.63, 3.8) is 0 Å². The number of nitrogens with zero attached hydrogens (tertiary/aromatic N) is 6. The predicted molar refractivity (Wildman–Crippen MR) is 236 cm³/mol. The normalized spacial score (nSPS) is 16.0. The van der Waals surface area contributed by atoms with Crippen molar-refractivity contribution in [2.75, 3.05) is 72.8 Å². The summed E-state index contributed by atoms with van der Waals surface area (Å²) >= 11 is 1.66. The van der Waals surface area contributed by atoms with Gasteiger partial charge in [-0.25, -0.2) is 18.4 Å². The molecule has 2 aliphatic rings. The molecule has 1 unspecified atom stereocenters. The second kappa shape index (κ2) is 19.2. The number of thioether (sulfide) groups is 1. The van der Waals surface area contributed by atoms with Gasteiger partial charge in [-0.15, -0.1) is 11.8 Å². The van der Waals surface area contributed by atoms with E-state index in [1.807, 2.05) is 62.6 Å². The zero-order valence-corrected chi connectivity index (χ0v) is 34.9. The summed E-state index contributed by atoms with van der Waals surface area (Å²) in [6.45, 7) is 5.19. The number of rotatable bonds is 17. The van der Waals surface area contributed by atoms with Crippen molar-refractivity contribution in [2.24, 2.45) is 0 Å². The van der Waals surface area contributed by atoms with Gasteiger partial charge >= 0.3 is 0 Å². The van der Waals surface area contributed by atoms with Gasteiger partial charge in [-0.2, -0.15) is 0 Å². The van der Waals surface area contributed by atoms with Crippen molar-refractivity contribution in [3.8, 4) is 0 Å². The van der Waals surface area contributed by atoms with E-state index in [4.69, 9.17) is 0 Å². The molecule has 1 aromatic heterocycles. The number of sulfonamides is 1. The highest BCUT2D eigenvalue weighted by atomic mass is 32.2. The second-order valence-corrected chi connectivity index (χ2v) is 18.2. The number of nitro benzene ring substituents is 1. The number of nitro groups is 1. The summed E-state index contributed by atoms with van der Waals surface area (Å²) in [6, 6.07) is 28.8. The Morgan fingerprint density at radius 3 is 2.41 bits per heavy atom. The van der Waals surface area contributed by atoms with Gasteiger partial charge in [-0.1, -0.05) is 55.7 Å². The maximum absolute atomic E-state index is 13.7. The van der Waals surface area contributed by atoms with Crippen molar-refractivity contribution in [3.05, 3.63) is 113 Å². The maximum Gasteiger partial charge on any atom is 0.293 e. The Hall–Kier alpha value is -4.96. The lowest BCUT2D eigenvalue weighted by molar-refractivity contribution is -0.384. The quantitative estimate of drug-likeness (QED) is 0.0475. The summed E-state index contributed by atoms with van der Waals surface area (Å²) < 4.78 is 30.1. The third-order valence-corrected chi connectivity index (χ3v) is 13.4. The first kappa shape index (κ1) is 41.2. The number of hydrogen-bond acceptors (Lipinski definition) is 12. The fourth-order valence-corrected chi connectivity index (χ4v) is 9.72. The number of nitrogens with one attached hydrogen (secondary N) is 3. The molecule has 1 saturated heterocycles. The lowest BCUT2D eigenvalue weighted by Gasteiger charge is -2.36. The van der Waals surface area contributed by atoms with Crippen molar-refractivity contribution >= 4 is 61.3 Å². The molecule has 0 amide bonds. The van der Waals surface area contributed by atoms with Gasteiger partial charge in [-0.3, -0.25) is 19.7 Å². The van der Waals surface area contributed by atoms with E-state index in [9.17, 15) is 18.5 Å². The van der Waals surface area contributed by atoms with E-state index >= 15 is 0 Å². The van der Waals surface area contributed by atoms with Crippen LogP contribution >= 0.6 is 11.8 Å². The maximum atomic E-state index is 13.7. The highest BCUT2D eigenvalue weighted by molar-refractivity contribution is 7.99. The molecule has 5 aromatic rings. The number of aromatic nitrogens is 2. The molecule has 13 nitrogen and oxygen atoms in total. The van der Waals surface area contributed by atoms with Crippen LogP contribution in [0.5, 0.6) is 0 Å². The van der Waals surface area contributed by atoms with Crippen molar-refractivity contribution < 1.29 is 13.3 Å². The van der Waals surface area contributed by atoms with Crippen LogP contribution < -0.4 is 20.3 Å². The second-order valence-electron chi connectivity index (χ2n) is 15.4. The molecule has 1 aliphatic carbocycles. The molecule has 0 spiro atoms. The van der Waals surface area contributed by atoms with Gasteiger partial charge in [0.15, 0.2) is 5.82 Å². The summed E-state index contributed by atoms with van der Waals surface area (Å²) in [5, 5.41) is 20.0. The lowest BCUT2D eigenvalue weighted by atomic mass is 9.95. The van der Waals surface area contributed by atoms with Gasteiger partial charge in [0.05, 0.1) is 15.3 Å². The molecule has 58 heavy (non-hydrogen) atoms. The minimum absolute atomic E-state index is 0.105. The molecule has 0 bridgehead atoms. The first-order chi connectivity index (χ1) is 28.1. The van der Waals surface area contributed by atoms with Crippen molar-refractivity contribution in [2.45, 2.75) is 66.9 Å². The van der Waals surface area contributed by atoms with Crippen LogP contribution in [0.4, 0.5) is 28.6 Å². The van der Waals surface area contributed by atoms with Crippen LogP contribution in [0.15, 0.2) is 107 Å². The van der Waals surface area contributed by atoms with Gasteiger partial charge in [0.1, 0.15) is 12.0 Å². The predicted octanol–water partition coefficient (Wildman–Crippen LogP) is 7.93. The molecule has 2 heterocycles. The zero-order chi connectivity index (χ0) is 40.5. The van der Waals surface area contributed by atoms with Crippen LogP contribution in [0.1, 0.15) is 44.1 Å². The van der Waals surface area contributed by atoms with Crippen molar-refractivity contribution in [1.82, 2.24) is 19.8 Å². The Morgan fingerprint density at radius 2 is 1.66 bits per heavy atom. The molecular weight excluding hydrogens is 771 g/mol. The highest BCUT2D eigenvalue weighted by Gasteiger charge is 2.25. The third-order valence-electron chi connectivity index (χ3n) is 10.9. The molecule has 3 N–H and O–H groups in total. The Labute approximate surface area is 345 Å². The van der Waals surface area contributed by atoms with E-state index in [1.165, 1.54) is 61.8 Å². The van der Waals surface area contributed by atoms with E-state index in [-0.39, 0.29) is 28.1 Å². The molecular formula is C43H53N9O4S2. The molecule has 306 valence electrons. The number of para-hydroxylation sites is 1. The molecule has 1 atom stereocenters. The standard InChI is InChI=1S/C43H53N9O4S2/c1-49(2)22-21-34(30-57-36-14-7-4-8-15-36)47-40-20-18-37(28-42(40)52(53)54)58(55,56)48-43-38-19-17-35(27-41(38)44-31-45-43)51-25-23-50(24-26-51)29-32-11-9-10-16-39(32)46-33-12-5-3-6-13-33/h4,7-11,14-20,27-28,31,33-34,46-47H,3,5-6,12-13,21-26,29-30H2,1-2H3,(H,44,45,48). The topological polar surface area (TPSA) is 149 Å². The first-order valence-corrected chi connectivity index (χ1v) is 22.5. The van der Waals surface area contributed by atoms with Gasteiger partial charge in [-0.05, 0) is 94.0 Å². The average molecular weight is 824 g/mol. The average Bonchev–Trinajstić information content (AvgIpc) is 3.23. The Morgan fingerprint density at radius 1 is 0.897 bits per heavy atom. The summed E-state index contributed by atoms with van der Waals surface area (Å²) in [4.78, 5) is 28.3. The zero-order valence-electron chi connectivity index (χ0n) is 33.2. The molecule has 15 heteroatoms. The van der Waals surface area contributed by atoms with E-state index in [1.54, 1.807) is 11.8 Å². The summed E-state index contributed by atoms with van der Waals surface area (Å²) in [5.74, 6) is 0.774. The summed E-state index contributed by atoms with van der Waals surface area (Å²) in [7, 11) is -0.288.